The van der Waals surface area contributed by atoms with Crippen LogP contribution in [0.1, 0.15) is 30.7 Å². The molecule has 0 atom stereocenters. The average Bonchev–Trinajstić information content (AvgIpc) is 2.26. The van der Waals surface area contributed by atoms with Gasteiger partial charge in [0.2, 0.25) is 0 Å². The third kappa shape index (κ3) is 2.78. The Labute approximate surface area is 105 Å². The number of ether oxygens (including phenoxy) is 1. The van der Waals surface area contributed by atoms with Gasteiger partial charge in [-0.2, -0.15) is 0 Å². The van der Waals surface area contributed by atoms with Crippen molar-refractivity contribution in [2.75, 3.05) is 7.11 Å². The molecule has 1 aliphatic rings. The Bertz CT molecular complexity index is 427. The summed E-state index contributed by atoms with van der Waals surface area (Å²) in [6.45, 7) is 0. The molecule has 0 aromatic heterocycles. The molecule has 0 N–H and O–H groups in total. The Morgan fingerprint density at radius 1 is 1.53 bits per heavy atom. The standard InChI is InChI=1S/C13H14ClFO2/c1-17-13(16)6-8-4-10(5-8)9-2-3-11(14)12(15)7-9/h2-3,7-8,10H,4-6H2,1H3/t8-,10-. The number of hydrogen-bond acceptors (Lipinski definition) is 2. The summed E-state index contributed by atoms with van der Waals surface area (Å²) in [7, 11) is 1.40. The first-order valence-corrected chi connectivity index (χ1v) is 5.99. The molecule has 4 heteroatoms. The van der Waals surface area contributed by atoms with Crippen LogP contribution in [-0.2, 0) is 9.53 Å². The number of hydrogen-bond donors (Lipinski definition) is 0. The highest BCUT2D eigenvalue weighted by molar-refractivity contribution is 6.30. The average molecular weight is 257 g/mol. The van der Waals surface area contributed by atoms with Gasteiger partial charge in [0.1, 0.15) is 5.82 Å². The maximum atomic E-state index is 13.3. The third-order valence-electron chi connectivity index (χ3n) is 3.33. The number of halogens is 2. The summed E-state index contributed by atoms with van der Waals surface area (Å²) >= 11 is 5.63. The summed E-state index contributed by atoms with van der Waals surface area (Å²) in [5.41, 5.74) is 0.966. The van der Waals surface area contributed by atoms with E-state index in [4.69, 9.17) is 11.6 Å². The van der Waals surface area contributed by atoms with Crippen LogP contribution in [0.5, 0.6) is 0 Å². The van der Waals surface area contributed by atoms with Crippen molar-refractivity contribution in [3.63, 3.8) is 0 Å². The van der Waals surface area contributed by atoms with Crippen LogP contribution in [0, 0.1) is 11.7 Å². The molecule has 0 saturated heterocycles. The molecule has 0 bridgehead atoms. The van der Waals surface area contributed by atoms with Gasteiger partial charge < -0.3 is 4.74 Å². The van der Waals surface area contributed by atoms with Crippen LogP contribution in [0.3, 0.4) is 0 Å². The first kappa shape index (κ1) is 12.4. The second kappa shape index (κ2) is 5.05. The molecule has 2 nitrogen and oxygen atoms in total. The lowest BCUT2D eigenvalue weighted by Crippen LogP contribution is -2.24. The number of carbonyl (C=O) groups is 1. The van der Waals surface area contributed by atoms with Gasteiger partial charge in [-0.25, -0.2) is 4.39 Å². The highest BCUT2D eigenvalue weighted by atomic mass is 35.5. The topological polar surface area (TPSA) is 26.3 Å². The molecule has 17 heavy (non-hydrogen) atoms. The van der Waals surface area contributed by atoms with E-state index in [1.165, 1.54) is 13.2 Å². The van der Waals surface area contributed by atoms with E-state index in [0.717, 1.165) is 18.4 Å². The normalized spacial score (nSPS) is 23.0. The molecule has 92 valence electrons. The van der Waals surface area contributed by atoms with Crippen molar-refractivity contribution < 1.29 is 13.9 Å². The molecule has 1 aliphatic carbocycles. The van der Waals surface area contributed by atoms with Gasteiger partial charge in [-0.15, -0.1) is 0 Å². The largest absolute Gasteiger partial charge is 0.469 e. The first-order chi connectivity index (χ1) is 8.10. The van der Waals surface area contributed by atoms with Gasteiger partial charge >= 0.3 is 5.97 Å². The van der Waals surface area contributed by atoms with Crippen molar-refractivity contribution in [1.82, 2.24) is 0 Å². The van der Waals surface area contributed by atoms with Crippen LogP contribution in [0.4, 0.5) is 4.39 Å². The van der Waals surface area contributed by atoms with Crippen LogP contribution >= 0.6 is 11.6 Å². The van der Waals surface area contributed by atoms with Crippen LogP contribution in [0.2, 0.25) is 5.02 Å². The third-order valence-corrected chi connectivity index (χ3v) is 3.64. The van der Waals surface area contributed by atoms with Crippen molar-refractivity contribution in [2.45, 2.75) is 25.2 Å². The second-order valence-electron chi connectivity index (χ2n) is 4.49. The predicted molar refractivity (Wildman–Crippen MR) is 63.5 cm³/mol. The quantitative estimate of drug-likeness (QED) is 0.774. The van der Waals surface area contributed by atoms with Crippen molar-refractivity contribution in [3.05, 3.63) is 34.6 Å². The molecule has 0 heterocycles. The van der Waals surface area contributed by atoms with E-state index < -0.39 is 0 Å². The molecular weight excluding hydrogens is 243 g/mol. The van der Waals surface area contributed by atoms with Crippen molar-refractivity contribution in [1.29, 1.82) is 0 Å². The number of carbonyl (C=O) groups excluding carboxylic acids is 1. The van der Waals surface area contributed by atoms with E-state index in [1.807, 2.05) is 6.07 Å². The van der Waals surface area contributed by atoms with Crippen LogP contribution < -0.4 is 0 Å². The van der Waals surface area contributed by atoms with Gasteiger partial charge in [-0.3, -0.25) is 4.79 Å². The summed E-state index contributed by atoms with van der Waals surface area (Å²) < 4.78 is 17.9. The number of rotatable bonds is 3. The van der Waals surface area contributed by atoms with Gasteiger partial charge in [-0.05, 0) is 42.4 Å². The first-order valence-electron chi connectivity index (χ1n) is 5.62. The second-order valence-corrected chi connectivity index (χ2v) is 4.90. The summed E-state index contributed by atoms with van der Waals surface area (Å²) in [5, 5.41) is 0.152. The number of methoxy groups -OCH3 is 1. The monoisotopic (exact) mass is 256 g/mol. The van der Waals surface area contributed by atoms with E-state index in [-0.39, 0.29) is 16.8 Å². The molecule has 0 unspecified atom stereocenters. The number of esters is 1. The molecule has 0 spiro atoms. The van der Waals surface area contributed by atoms with Gasteiger partial charge in [0.05, 0.1) is 12.1 Å². The maximum Gasteiger partial charge on any atom is 0.305 e. The van der Waals surface area contributed by atoms with Gasteiger partial charge in [0.15, 0.2) is 0 Å². The van der Waals surface area contributed by atoms with Gasteiger partial charge in [0, 0.05) is 6.42 Å². The molecule has 1 aromatic carbocycles. The predicted octanol–water partition coefficient (Wildman–Crippen LogP) is 3.54. The van der Waals surface area contributed by atoms with Gasteiger partial charge in [0.25, 0.3) is 0 Å². The smallest absolute Gasteiger partial charge is 0.305 e. The van der Waals surface area contributed by atoms with E-state index in [2.05, 4.69) is 4.74 Å². The SMILES string of the molecule is COC(=O)C[C@H]1C[C@H](c2ccc(Cl)c(F)c2)C1. The Morgan fingerprint density at radius 3 is 2.82 bits per heavy atom. The Hall–Kier alpha value is -1.09. The van der Waals surface area contributed by atoms with E-state index in [1.54, 1.807) is 6.07 Å². The van der Waals surface area contributed by atoms with Crippen LogP contribution in [0.25, 0.3) is 0 Å². The minimum Gasteiger partial charge on any atom is -0.469 e. The zero-order valence-corrected chi connectivity index (χ0v) is 10.3. The summed E-state index contributed by atoms with van der Waals surface area (Å²) in [4.78, 5) is 11.1. The molecular formula is C13H14ClFO2. The van der Waals surface area contributed by atoms with Gasteiger partial charge in [-0.1, -0.05) is 17.7 Å². The fraction of sp³-hybridized carbons (Fsp3) is 0.462. The molecule has 0 aliphatic heterocycles. The van der Waals surface area contributed by atoms with E-state index >= 15 is 0 Å². The van der Waals surface area contributed by atoms with Crippen molar-refractivity contribution in [3.8, 4) is 0 Å². The minimum absolute atomic E-state index is 0.152. The highest BCUT2D eigenvalue weighted by Gasteiger charge is 2.32. The van der Waals surface area contributed by atoms with Crippen molar-refractivity contribution in [2.24, 2.45) is 5.92 Å². The summed E-state index contributed by atoms with van der Waals surface area (Å²) in [6.07, 6.45) is 2.29. The van der Waals surface area contributed by atoms with Crippen LogP contribution in [0.15, 0.2) is 18.2 Å². The highest BCUT2D eigenvalue weighted by Crippen LogP contribution is 2.43. The zero-order chi connectivity index (χ0) is 12.4. The fourth-order valence-electron chi connectivity index (χ4n) is 2.26. The maximum absolute atomic E-state index is 13.3. The fourth-order valence-corrected chi connectivity index (χ4v) is 2.38. The Morgan fingerprint density at radius 2 is 2.24 bits per heavy atom. The van der Waals surface area contributed by atoms with E-state index in [9.17, 15) is 9.18 Å². The lowest BCUT2D eigenvalue weighted by Gasteiger charge is -2.35. The number of benzene rings is 1. The Balaban J connectivity index is 1.91. The molecule has 2 rings (SSSR count). The van der Waals surface area contributed by atoms with Crippen molar-refractivity contribution >= 4 is 17.6 Å². The minimum atomic E-state index is -0.374. The zero-order valence-electron chi connectivity index (χ0n) is 9.58. The van der Waals surface area contributed by atoms with E-state index in [0.29, 0.717) is 18.3 Å². The molecule has 0 radical (unpaired) electrons. The molecule has 0 amide bonds. The summed E-state index contributed by atoms with van der Waals surface area (Å²) in [6, 6.07) is 4.92. The van der Waals surface area contributed by atoms with Crippen LogP contribution in [-0.4, -0.2) is 13.1 Å². The molecule has 1 fully saturated rings. The lowest BCUT2D eigenvalue weighted by atomic mass is 9.70. The Kier molecular flexibility index (Phi) is 3.67. The molecule has 1 saturated carbocycles. The summed E-state index contributed by atoms with van der Waals surface area (Å²) in [5.74, 6) is 0.166. The lowest BCUT2D eigenvalue weighted by molar-refractivity contribution is -0.142. The molecule has 1 aromatic rings.